The zero-order valence-electron chi connectivity index (χ0n) is 13.2. The summed E-state index contributed by atoms with van der Waals surface area (Å²) >= 11 is 0. The number of piperidine rings is 1. The summed E-state index contributed by atoms with van der Waals surface area (Å²) in [5, 5.41) is 3.10. The maximum atomic E-state index is 11.8. The molecule has 1 saturated heterocycles. The maximum absolute atomic E-state index is 11.8. The summed E-state index contributed by atoms with van der Waals surface area (Å²) in [6.45, 7) is 5.58. The molecule has 2 aliphatic rings. The predicted octanol–water partition coefficient (Wildman–Crippen LogP) is 3.34. The second-order valence-electron chi connectivity index (χ2n) is 6.77. The molecule has 2 fully saturated rings. The van der Waals surface area contributed by atoms with Gasteiger partial charge in [-0.1, -0.05) is 32.1 Å². The Morgan fingerprint density at radius 1 is 1.15 bits per heavy atom. The van der Waals surface area contributed by atoms with Crippen LogP contribution in [0.15, 0.2) is 0 Å². The van der Waals surface area contributed by atoms with E-state index >= 15 is 0 Å². The highest BCUT2D eigenvalue weighted by Gasteiger charge is 2.18. The topological polar surface area (TPSA) is 32.3 Å². The van der Waals surface area contributed by atoms with Crippen molar-refractivity contribution >= 4 is 5.91 Å². The fourth-order valence-electron chi connectivity index (χ4n) is 3.72. The molecule has 20 heavy (non-hydrogen) atoms. The molecule has 1 aliphatic heterocycles. The van der Waals surface area contributed by atoms with Crippen LogP contribution in [0.25, 0.3) is 0 Å². The molecular formula is C17H32N2O. The average molecular weight is 280 g/mol. The number of carbonyl (C=O) groups is 1. The Morgan fingerprint density at radius 2 is 1.90 bits per heavy atom. The van der Waals surface area contributed by atoms with Gasteiger partial charge in [0.15, 0.2) is 0 Å². The lowest BCUT2D eigenvalue weighted by molar-refractivity contribution is -0.121. The van der Waals surface area contributed by atoms with E-state index in [4.69, 9.17) is 0 Å². The number of hydrogen-bond acceptors (Lipinski definition) is 2. The first-order valence-corrected chi connectivity index (χ1v) is 8.76. The van der Waals surface area contributed by atoms with E-state index in [9.17, 15) is 4.79 Å². The first-order valence-electron chi connectivity index (χ1n) is 8.76. The molecule has 0 aromatic carbocycles. The Balaban J connectivity index is 1.48. The monoisotopic (exact) mass is 280 g/mol. The summed E-state index contributed by atoms with van der Waals surface area (Å²) in [5.74, 6) is 1.10. The molecule has 1 atom stereocenters. The molecule has 3 nitrogen and oxygen atoms in total. The van der Waals surface area contributed by atoms with Crippen LogP contribution in [0, 0.1) is 5.92 Å². The fraction of sp³-hybridized carbons (Fsp3) is 0.941. The van der Waals surface area contributed by atoms with Crippen LogP contribution in [-0.2, 0) is 4.79 Å². The molecule has 1 saturated carbocycles. The zero-order valence-corrected chi connectivity index (χ0v) is 13.2. The molecular weight excluding hydrogens is 248 g/mol. The van der Waals surface area contributed by atoms with Gasteiger partial charge >= 0.3 is 0 Å². The zero-order chi connectivity index (χ0) is 14.2. The number of nitrogens with one attached hydrogen (secondary N) is 1. The first-order chi connectivity index (χ1) is 9.75. The highest BCUT2D eigenvalue weighted by atomic mass is 16.1. The number of nitrogens with zero attached hydrogens (tertiary/aromatic N) is 1. The molecule has 0 radical (unpaired) electrons. The Bertz CT molecular complexity index is 287. The van der Waals surface area contributed by atoms with Crippen molar-refractivity contribution in [1.82, 2.24) is 10.2 Å². The molecule has 0 spiro atoms. The van der Waals surface area contributed by atoms with Gasteiger partial charge in [-0.05, 0) is 45.1 Å². The van der Waals surface area contributed by atoms with Crippen LogP contribution in [0.3, 0.4) is 0 Å². The quantitative estimate of drug-likeness (QED) is 0.725. The number of amides is 1. The maximum Gasteiger partial charge on any atom is 0.220 e. The molecule has 116 valence electrons. The third kappa shape index (κ3) is 5.43. The summed E-state index contributed by atoms with van der Waals surface area (Å²) in [4.78, 5) is 14.4. The van der Waals surface area contributed by atoms with Crippen LogP contribution in [0.4, 0.5) is 0 Å². The highest BCUT2D eigenvalue weighted by Crippen LogP contribution is 2.28. The van der Waals surface area contributed by atoms with Crippen molar-refractivity contribution in [2.75, 3.05) is 19.6 Å². The van der Waals surface area contributed by atoms with Gasteiger partial charge in [-0.25, -0.2) is 0 Å². The second-order valence-corrected chi connectivity index (χ2v) is 6.77. The molecule has 1 aliphatic carbocycles. The van der Waals surface area contributed by atoms with Gasteiger partial charge in [0.05, 0.1) is 0 Å². The largest absolute Gasteiger partial charge is 0.356 e. The standard InChI is InChI=1S/C17H32N2O/c1-15-7-4-5-13-19(15)14-6-12-18-17(20)11-10-16-8-2-3-9-16/h15-16H,2-14H2,1H3,(H,18,20). The van der Waals surface area contributed by atoms with Gasteiger partial charge < -0.3 is 10.2 Å². The van der Waals surface area contributed by atoms with Crippen LogP contribution in [0.1, 0.15) is 71.1 Å². The lowest BCUT2D eigenvalue weighted by Crippen LogP contribution is -2.39. The molecule has 1 heterocycles. The Morgan fingerprint density at radius 3 is 2.65 bits per heavy atom. The highest BCUT2D eigenvalue weighted by molar-refractivity contribution is 5.75. The Kier molecular flexibility index (Phi) is 6.85. The van der Waals surface area contributed by atoms with Gasteiger partial charge in [-0.2, -0.15) is 0 Å². The molecule has 0 aromatic rings. The summed E-state index contributed by atoms with van der Waals surface area (Å²) in [5.41, 5.74) is 0. The molecule has 1 amide bonds. The summed E-state index contributed by atoms with van der Waals surface area (Å²) in [6.07, 6.45) is 12.5. The van der Waals surface area contributed by atoms with Crippen LogP contribution in [0.2, 0.25) is 0 Å². The smallest absolute Gasteiger partial charge is 0.220 e. The molecule has 1 unspecified atom stereocenters. The molecule has 3 heteroatoms. The van der Waals surface area contributed by atoms with Gasteiger partial charge in [0, 0.05) is 25.6 Å². The van der Waals surface area contributed by atoms with Crippen LogP contribution >= 0.6 is 0 Å². The minimum Gasteiger partial charge on any atom is -0.356 e. The second kappa shape index (κ2) is 8.66. The van der Waals surface area contributed by atoms with Gasteiger partial charge in [0.2, 0.25) is 5.91 Å². The van der Waals surface area contributed by atoms with E-state index in [1.54, 1.807) is 0 Å². The lowest BCUT2D eigenvalue weighted by atomic mass is 10.0. The van der Waals surface area contributed by atoms with Gasteiger partial charge in [-0.15, -0.1) is 0 Å². The summed E-state index contributed by atoms with van der Waals surface area (Å²) in [7, 11) is 0. The van der Waals surface area contributed by atoms with E-state index in [0.717, 1.165) is 44.3 Å². The number of rotatable bonds is 7. The Labute approximate surface area is 124 Å². The van der Waals surface area contributed by atoms with Gasteiger partial charge in [0.1, 0.15) is 0 Å². The van der Waals surface area contributed by atoms with Gasteiger partial charge in [-0.3, -0.25) is 4.79 Å². The third-order valence-corrected chi connectivity index (χ3v) is 5.14. The fourth-order valence-corrected chi connectivity index (χ4v) is 3.72. The van der Waals surface area contributed by atoms with E-state index in [2.05, 4.69) is 17.1 Å². The number of carbonyl (C=O) groups excluding carboxylic acids is 1. The van der Waals surface area contributed by atoms with Crippen LogP contribution in [-0.4, -0.2) is 36.5 Å². The van der Waals surface area contributed by atoms with E-state index < -0.39 is 0 Å². The minimum absolute atomic E-state index is 0.267. The van der Waals surface area contributed by atoms with Gasteiger partial charge in [0.25, 0.3) is 0 Å². The van der Waals surface area contributed by atoms with E-state index in [1.807, 2.05) is 0 Å². The summed E-state index contributed by atoms with van der Waals surface area (Å²) in [6, 6.07) is 0.738. The SMILES string of the molecule is CC1CCCCN1CCCNC(=O)CCC1CCCC1. The average Bonchev–Trinajstić information content (AvgIpc) is 2.96. The van der Waals surface area contributed by atoms with Crippen molar-refractivity contribution in [2.45, 2.75) is 77.2 Å². The first kappa shape index (κ1) is 15.8. The van der Waals surface area contributed by atoms with Crippen molar-refractivity contribution in [2.24, 2.45) is 5.92 Å². The predicted molar refractivity (Wildman–Crippen MR) is 83.7 cm³/mol. The van der Waals surface area contributed by atoms with Crippen LogP contribution in [0.5, 0.6) is 0 Å². The van der Waals surface area contributed by atoms with Crippen molar-refractivity contribution in [1.29, 1.82) is 0 Å². The number of likely N-dealkylation sites (tertiary alicyclic amines) is 1. The van der Waals surface area contributed by atoms with Crippen molar-refractivity contribution in [3.63, 3.8) is 0 Å². The molecule has 0 bridgehead atoms. The van der Waals surface area contributed by atoms with E-state index in [1.165, 1.54) is 51.5 Å². The Hall–Kier alpha value is -0.570. The molecule has 0 aromatic heterocycles. The van der Waals surface area contributed by atoms with Crippen molar-refractivity contribution in [3.8, 4) is 0 Å². The van der Waals surface area contributed by atoms with Crippen LogP contribution < -0.4 is 5.32 Å². The van der Waals surface area contributed by atoms with Crippen molar-refractivity contribution in [3.05, 3.63) is 0 Å². The molecule has 1 N–H and O–H groups in total. The molecule has 2 rings (SSSR count). The number of hydrogen-bond donors (Lipinski definition) is 1. The third-order valence-electron chi connectivity index (χ3n) is 5.14. The normalized spacial score (nSPS) is 24.9. The lowest BCUT2D eigenvalue weighted by Gasteiger charge is -2.33. The van der Waals surface area contributed by atoms with E-state index in [0.29, 0.717) is 0 Å². The minimum atomic E-state index is 0.267. The summed E-state index contributed by atoms with van der Waals surface area (Å²) < 4.78 is 0. The van der Waals surface area contributed by atoms with Crippen molar-refractivity contribution < 1.29 is 4.79 Å². The van der Waals surface area contributed by atoms with E-state index in [-0.39, 0.29) is 5.91 Å².